The summed E-state index contributed by atoms with van der Waals surface area (Å²) in [6.07, 6.45) is 1.14. The molecule has 0 radical (unpaired) electrons. The molecule has 0 atom stereocenters. The molecule has 7 heteroatoms. The van der Waals surface area contributed by atoms with E-state index in [0.29, 0.717) is 25.3 Å². The number of hydrogen-bond donors (Lipinski definition) is 1. The Bertz CT molecular complexity index is 543. The van der Waals surface area contributed by atoms with Crippen LogP contribution in [0.3, 0.4) is 0 Å². The van der Waals surface area contributed by atoms with Crippen LogP contribution in [0.15, 0.2) is 18.2 Å². The van der Waals surface area contributed by atoms with E-state index >= 15 is 0 Å². The van der Waals surface area contributed by atoms with Crippen molar-refractivity contribution in [2.24, 2.45) is 5.92 Å². The molecule has 0 saturated heterocycles. The summed E-state index contributed by atoms with van der Waals surface area (Å²) in [5, 5.41) is 19.9. The van der Waals surface area contributed by atoms with E-state index in [-0.39, 0.29) is 28.3 Å². The fourth-order valence-electron chi connectivity index (χ4n) is 2.32. The van der Waals surface area contributed by atoms with Gasteiger partial charge in [0, 0.05) is 25.7 Å². The van der Waals surface area contributed by atoms with Crippen molar-refractivity contribution in [2.75, 3.05) is 13.6 Å². The molecule has 1 aromatic carbocycles. The summed E-state index contributed by atoms with van der Waals surface area (Å²) in [5.41, 5.74) is 0.107. The molecule has 1 aliphatic rings. The predicted molar refractivity (Wildman–Crippen MR) is 73.8 cm³/mol. The van der Waals surface area contributed by atoms with Gasteiger partial charge in [0.05, 0.1) is 21.6 Å². The summed E-state index contributed by atoms with van der Waals surface area (Å²) >= 11 is 5.93. The average molecular weight is 299 g/mol. The lowest BCUT2D eigenvalue weighted by Gasteiger charge is -2.34. The first kappa shape index (κ1) is 14.7. The number of benzene rings is 1. The molecule has 1 aromatic rings. The predicted octanol–water partition coefficient (Wildman–Crippen LogP) is 2.09. The van der Waals surface area contributed by atoms with Gasteiger partial charge in [-0.15, -0.1) is 0 Å². The summed E-state index contributed by atoms with van der Waals surface area (Å²) in [7, 11) is 1.66. The zero-order valence-electron chi connectivity index (χ0n) is 11.0. The average Bonchev–Trinajstić information content (AvgIpc) is 2.35. The molecule has 20 heavy (non-hydrogen) atoms. The molecule has 2 rings (SSSR count). The maximum atomic E-state index is 12.2. The number of rotatable bonds is 4. The number of nitro groups is 1. The number of carbonyl (C=O) groups excluding carboxylic acids is 1. The van der Waals surface area contributed by atoms with Gasteiger partial charge in [0.1, 0.15) is 0 Å². The monoisotopic (exact) mass is 298 g/mol. The number of hydrogen-bond acceptors (Lipinski definition) is 4. The topological polar surface area (TPSA) is 83.7 Å². The standard InChI is InChI=1S/C13H15ClN2O4/c1-15(7-8-4-10(17)5-8)13(18)11-3-2-9(16(19)20)6-12(11)14/h2-3,6,8,10,17H,4-5,7H2,1H3. The Labute approximate surface area is 121 Å². The highest BCUT2D eigenvalue weighted by Gasteiger charge is 2.29. The summed E-state index contributed by atoms with van der Waals surface area (Å²) in [6.45, 7) is 0.545. The van der Waals surface area contributed by atoms with Crippen LogP contribution in [-0.2, 0) is 0 Å². The Kier molecular flexibility index (Phi) is 4.25. The first-order chi connectivity index (χ1) is 9.38. The van der Waals surface area contributed by atoms with Crippen molar-refractivity contribution in [3.8, 4) is 0 Å². The second-order valence-electron chi connectivity index (χ2n) is 5.10. The Morgan fingerprint density at radius 2 is 2.20 bits per heavy atom. The minimum atomic E-state index is -0.556. The number of non-ortho nitro benzene ring substituents is 1. The van der Waals surface area contributed by atoms with Crippen molar-refractivity contribution >= 4 is 23.2 Å². The number of carbonyl (C=O) groups is 1. The molecular formula is C13H15ClN2O4. The van der Waals surface area contributed by atoms with Gasteiger partial charge < -0.3 is 10.0 Å². The van der Waals surface area contributed by atoms with E-state index in [2.05, 4.69) is 0 Å². The van der Waals surface area contributed by atoms with E-state index in [9.17, 15) is 20.0 Å². The minimum absolute atomic E-state index is 0.0738. The number of nitrogens with zero attached hydrogens (tertiary/aromatic N) is 2. The van der Waals surface area contributed by atoms with Gasteiger partial charge in [-0.25, -0.2) is 0 Å². The molecular weight excluding hydrogens is 284 g/mol. The first-order valence-electron chi connectivity index (χ1n) is 6.26. The molecule has 0 aliphatic heterocycles. The van der Waals surface area contributed by atoms with Gasteiger partial charge in [0.2, 0.25) is 0 Å². The smallest absolute Gasteiger partial charge is 0.270 e. The van der Waals surface area contributed by atoms with Crippen molar-refractivity contribution in [3.05, 3.63) is 38.9 Å². The van der Waals surface area contributed by atoms with Gasteiger partial charge in [-0.3, -0.25) is 14.9 Å². The Morgan fingerprint density at radius 1 is 1.55 bits per heavy atom. The number of halogens is 1. The maximum absolute atomic E-state index is 12.2. The van der Waals surface area contributed by atoms with E-state index in [4.69, 9.17) is 11.6 Å². The van der Waals surface area contributed by atoms with Gasteiger partial charge in [0.25, 0.3) is 11.6 Å². The van der Waals surface area contributed by atoms with Crippen LogP contribution < -0.4 is 0 Å². The number of nitro benzene ring substituents is 1. The highest BCUT2D eigenvalue weighted by molar-refractivity contribution is 6.34. The lowest BCUT2D eigenvalue weighted by atomic mass is 9.82. The molecule has 0 spiro atoms. The third-order valence-electron chi connectivity index (χ3n) is 3.48. The third-order valence-corrected chi connectivity index (χ3v) is 3.80. The summed E-state index contributed by atoms with van der Waals surface area (Å²) < 4.78 is 0. The molecule has 0 aromatic heterocycles. The molecule has 0 unspecified atom stereocenters. The molecule has 1 aliphatic carbocycles. The minimum Gasteiger partial charge on any atom is -0.393 e. The van der Waals surface area contributed by atoms with Gasteiger partial charge in [0.15, 0.2) is 0 Å². The van der Waals surface area contributed by atoms with Crippen LogP contribution in [-0.4, -0.2) is 40.5 Å². The van der Waals surface area contributed by atoms with Gasteiger partial charge in [-0.05, 0) is 24.8 Å². The van der Waals surface area contributed by atoms with Crippen LogP contribution in [0.2, 0.25) is 5.02 Å². The van der Waals surface area contributed by atoms with Crippen LogP contribution in [0.5, 0.6) is 0 Å². The van der Waals surface area contributed by atoms with Gasteiger partial charge in [-0.2, -0.15) is 0 Å². The number of aliphatic hydroxyl groups excluding tert-OH is 1. The molecule has 1 saturated carbocycles. The lowest BCUT2D eigenvalue weighted by Crippen LogP contribution is -2.39. The normalized spacial score (nSPS) is 21.1. The highest BCUT2D eigenvalue weighted by Crippen LogP contribution is 2.29. The van der Waals surface area contributed by atoms with Crippen LogP contribution in [0.25, 0.3) is 0 Å². The second kappa shape index (κ2) is 5.76. The first-order valence-corrected chi connectivity index (χ1v) is 6.63. The summed E-state index contributed by atoms with van der Waals surface area (Å²) in [5.74, 6) is 0.0297. The largest absolute Gasteiger partial charge is 0.393 e. The van der Waals surface area contributed by atoms with Crippen molar-refractivity contribution in [2.45, 2.75) is 18.9 Å². The number of aliphatic hydroxyl groups is 1. The zero-order valence-corrected chi connectivity index (χ0v) is 11.7. The molecule has 1 N–H and O–H groups in total. The molecule has 1 amide bonds. The molecule has 6 nitrogen and oxygen atoms in total. The van der Waals surface area contributed by atoms with Crippen molar-refractivity contribution in [1.82, 2.24) is 4.90 Å². The number of amides is 1. The van der Waals surface area contributed by atoms with E-state index < -0.39 is 4.92 Å². The SMILES string of the molecule is CN(CC1CC(O)C1)C(=O)c1ccc([N+](=O)[O-])cc1Cl. The fraction of sp³-hybridized carbons (Fsp3) is 0.462. The second-order valence-corrected chi connectivity index (χ2v) is 5.51. The fourth-order valence-corrected chi connectivity index (χ4v) is 2.57. The van der Waals surface area contributed by atoms with E-state index in [1.54, 1.807) is 7.05 Å². The van der Waals surface area contributed by atoms with E-state index in [1.165, 1.54) is 23.1 Å². The molecule has 0 bridgehead atoms. The molecule has 0 heterocycles. The van der Waals surface area contributed by atoms with Crippen LogP contribution in [0.1, 0.15) is 23.2 Å². The van der Waals surface area contributed by atoms with Crippen LogP contribution >= 0.6 is 11.6 Å². The summed E-state index contributed by atoms with van der Waals surface area (Å²) in [6, 6.07) is 3.81. The summed E-state index contributed by atoms with van der Waals surface area (Å²) in [4.78, 5) is 23.8. The Balaban J connectivity index is 2.06. The zero-order chi connectivity index (χ0) is 14.9. The third kappa shape index (κ3) is 3.08. The van der Waals surface area contributed by atoms with E-state index in [1.807, 2.05) is 0 Å². The molecule has 108 valence electrons. The Morgan fingerprint density at radius 3 is 2.70 bits per heavy atom. The lowest BCUT2D eigenvalue weighted by molar-refractivity contribution is -0.384. The van der Waals surface area contributed by atoms with Crippen molar-refractivity contribution in [1.29, 1.82) is 0 Å². The Hall–Kier alpha value is -1.66. The van der Waals surface area contributed by atoms with Crippen LogP contribution in [0.4, 0.5) is 5.69 Å². The van der Waals surface area contributed by atoms with Crippen molar-refractivity contribution < 1.29 is 14.8 Å². The van der Waals surface area contributed by atoms with Crippen molar-refractivity contribution in [3.63, 3.8) is 0 Å². The quantitative estimate of drug-likeness (QED) is 0.681. The van der Waals surface area contributed by atoms with E-state index in [0.717, 1.165) is 0 Å². The maximum Gasteiger partial charge on any atom is 0.270 e. The molecule has 1 fully saturated rings. The van der Waals surface area contributed by atoms with Gasteiger partial charge in [-0.1, -0.05) is 11.6 Å². The van der Waals surface area contributed by atoms with Crippen LogP contribution in [0, 0.1) is 16.0 Å². The highest BCUT2D eigenvalue weighted by atomic mass is 35.5. The van der Waals surface area contributed by atoms with Gasteiger partial charge >= 0.3 is 0 Å².